The Morgan fingerprint density at radius 3 is 3.05 bits per heavy atom. The van der Waals surface area contributed by atoms with Crippen molar-refractivity contribution in [3.05, 3.63) is 24.3 Å². The topological polar surface area (TPSA) is 52.6 Å². The van der Waals surface area contributed by atoms with Crippen LogP contribution in [0.25, 0.3) is 0 Å². The summed E-state index contributed by atoms with van der Waals surface area (Å²) in [6.07, 6.45) is 1.57. The molecule has 2 atom stereocenters. The third-order valence-electron chi connectivity index (χ3n) is 3.09. The maximum Gasteiger partial charge on any atom is 0.273 e. The van der Waals surface area contributed by atoms with Crippen LogP contribution in [0.2, 0.25) is 0 Å². The van der Waals surface area contributed by atoms with Crippen molar-refractivity contribution < 1.29 is 14.1 Å². The number of nitrogens with zero attached hydrogens (tertiary/aromatic N) is 1. The molecule has 0 aliphatic carbocycles. The number of para-hydroxylation sites is 1. The van der Waals surface area contributed by atoms with E-state index in [-0.39, 0.29) is 17.0 Å². The number of hydrogen-bond acceptors (Lipinski definition) is 5. The fourth-order valence-corrected chi connectivity index (χ4v) is 5.15. The fraction of sp³-hybridized carbons (Fsp3) is 0.500. The SMILES string of the molecule is COc1ccccc1SCC1SCCN1C(=O)C[S+](C)[O-]. The van der Waals surface area contributed by atoms with Crippen LogP contribution in [0.3, 0.4) is 0 Å². The van der Waals surface area contributed by atoms with Gasteiger partial charge in [0, 0.05) is 22.9 Å². The van der Waals surface area contributed by atoms with E-state index in [2.05, 4.69) is 0 Å². The first-order chi connectivity index (χ1) is 10.1. The molecule has 1 aliphatic heterocycles. The number of carbonyl (C=O) groups excluding carboxylic acids is 1. The molecular formula is C14H19NO3S3. The minimum atomic E-state index is -1.08. The number of carbonyl (C=O) groups is 1. The van der Waals surface area contributed by atoms with Crippen molar-refractivity contribution in [3.8, 4) is 5.75 Å². The highest BCUT2D eigenvalue weighted by molar-refractivity contribution is 8.03. The van der Waals surface area contributed by atoms with Gasteiger partial charge < -0.3 is 14.2 Å². The van der Waals surface area contributed by atoms with E-state index in [0.29, 0.717) is 0 Å². The maximum atomic E-state index is 12.1. The zero-order valence-electron chi connectivity index (χ0n) is 12.1. The van der Waals surface area contributed by atoms with E-state index in [1.165, 1.54) is 0 Å². The van der Waals surface area contributed by atoms with Gasteiger partial charge in [-0.3, -0.25) is 4.79 Å². The van der Waals surface area contributed by atoms with E-state index in [0.717, 1.165) is 28.7 Å². The average molecular weight is 346 g/mol. The predicted molar refractivity (Wildman–Crippen MR) is 90.6 cm³/mol. The van der Waals surface area contributed by atoms with Gasteiger partial charge in [-0.15, -0.1) is 23.5 Å². The van der Waals surface area contributed by atoms with Crippen molar-refractivity contribution in [1.82, 2.24) is 4.90 Å². The largest absolute Gasteiger partial charge is 0.616 e. The first-order valence-corrected chi connectivity index (χ1v) is 10.3. The summed E-state index contributed by atoms with van der Waals surface area (Å²) in [5.74, 6) is 2.73. The lowest BCUT2D eigenvalue weighted by atomic mass is 10.3. The van der Waals surface area contributed by atoms with E-state index in [4.69, 9.17) is 4.74 Å². The number of hydrogen-bond donors (Lipinski definition) is 0. The molecule has 4 nitrogen and oxygen atoms in total. The lowest BCUT2D eigenvalue weighted by Gasteiger charge is -2.23. The van der Waals surface area contributed by atoms with Crippen LogP contribution in [-0.4, -0.2) is 57.9 Å². The van der Waals surface area contributed by atoms with Crippen LogP contribution < -0.4 is 4.74 Å². The zero-order valence-corrected chi connectivity index (χ0v) is 14.6. The molecule has 0 bridgehead atoms. The third kappa shape index (κ3) is 4.74. The van der Waals surface area contributed by atoms with Crippen LogP contribution in [0.1, 0.15) is 0 Å². The van der Waals surface area contributed by atoms with Gasteiger partial charge in [-0.2, -0.15) is 0 Å². The molecule has 1 aromatic rings. The molecule has 1 heterocycles. The molecule has 7 heteroatoms. The van der Waals surface area contributed by atoms with Gasteiger partial charge in [0.15, 0.2) is 5.75 Å². The molecule has 0 aromatic heterocycles. The highest BCUT2D eigenvalue weighted by Crippen LogP contribution is 2.34. The van der Waals surface area contributed by atoms with E-state index in [9.17, 15) is 9.35 Å². The standard InChI is InChI=1S/C14H19NO3S3/c1-18-11-5-3-4-6-12(11)20-9-14-15(7-8-19-14)13(16)10-21(2)17/h3-6,14H,7-10H2,1-2H3. The Hall–Kier alpha value is -0.500. The Labute approximate surface area is 137 Å². The van der Waals surface area contributed by atoms with Crippen LogP contribution in [0.5, 0.6) is 5.75 Å². The fourth-order valence-electron chi connectivity index (χ4n) is 2.10. The highest BCUT2D eigenvalue weighted by atomic mass is 32.2. The monoisotopic (exact) mass is 345 g/mol. The summed E-state index contributed by atoms with van der Waals surface area (Å²) in [5, 5.41) is 0.149. The van der Waals surface area contributed by atoms with Crippen LogP contribution in [0.4, 0.5) is 0 Å². The second kappa shape index (κ2) is 8.22. The molecule has 0 radical (unpaired) electrons. The van der Waals surface area contributed by atoms with Gasteiger partial charge in [0.25, 0.3) is 5.91 Å². The van der Waals surface area contributed by atoms with Crippen molar-refractivity contribution in [2.45, 2.75) is 10.3 Å². The predicted octanol–water partition coefficient (Wildman–Crippen LogP) is 2.07. The third-order valence-corrected chi connectivity index (χ3v) is 6.31. The van der Waals surface area contributed by atoms with Gasteiger partial charge in [0.1, 0.15) is 5.75 Å². The number of amides is 1. The molecule has 2 rings (SSSR count). The van der Waals surface area contributed by atoms with Crippen LogP contribution in [0.15, 0.2) is 29.2 Å². The molecule has 1 fully saturated rings. The normalized spacial score (nSPS) is 19.6. The number of rotatable bonds is 6. The molecule has 1 saturated heterocycles. The molecule has 1 aromatic carbocycles. The highest BCUT2D eigenvalue weighted by Gasteiger charge is 2.31. The zero-order chi connectivity index (χ0) is 15.2. The van der Waals surface area contributed by atoms with Crippen molar-refractivity contribution in [2.75, 3.05) is 37.2 Å². The lowest BCUT2D eigenvalue weighted by molar-refractivity contribution is -0.128. The summed E-state index contributed by atoms with van der Waals surface area (Å²) in [4.78, 5) is 15.0. The van der Waals surface area contributed by atoms with E-state index in [1.54, 1.807) is 36.9 Å². The smallest absolute Gasteiger partial charge is 0.273 e. The molecule has 2 unspecified atom stereocenters. The van der Waals surface area contributed by atoms with Gasteiger partial charge in [-0.05, 0) is 23.3 Å². The Bertz CT molecular complexity index is 484. The van der Waals surface area contributed by atoms with Crippen LogP contribution >= 0.6 is 23.5 Å². The Morgan fingerprint density at radius 1 is 1.57 bits per heavy atom. The number of benzene rings is 1. The quantitative estimate of drug-likeness (QED) is 0.583. The van der Waals surface area contributed by atoms with Gasteiger partial charge in [0.2, 0.25) is 0 Å². The number of thioether (sulfide) groups is 2. The molecule has 1 aliphatic rings. The maximum absolute atomic E-state index is 12.1. The summed E-state index contributed by atoms with van der Waals surface area (Å²) in [7, 11) is 1.66. The van der Waals surface area contributed by atoms with Gasteiger partial charge in [-0.25, -0.2) is 0 Å². The molecular weight excluding hydrogens is 326 g/mol. The van der Waals surface area contributed by atoms with Crippen molar-refractivity contribution in [2.24, 2.45) is 0 Å². The molecule has 0 spiro atoms. The summed E-state index contributed by atoms with van der Waals surface area (Å²) >= 11 is 2.40. The van der Waals surface area contributed by atoms with E-state index in [1.807, 2.05) is 29.2 Å². The Kier molecular flexibility index (Phi) is 6.60. The summed E-state index contributed by atoms with van der Waals surface area (Å²) in [5.41, 5.74) is 0. The van der Waals surface area contributed by atoms with Crippen molar-refractivity contribution >= 4 is 40.6 Å². The Balaban J connectivity index is 1.94. The van der Waals surface area contributed by atoms with Gasteiger partial charge in [0.05, 0.1) is 18.7 Å². The number of ether oxygens (including phenoxy) is 1. The van der Waals surface area contributed by atoms with Crippen LogP contribution in [-0.2, 0) is 16.0 Å². The first-order valence-electron chi connectivity index (χ1n) is 6.58. The van der Waals surface area contributed by atoms with E-state index >= 15 is 0 Å². The molecule has 0 N–H and O–H groups in total. The van der Waals surface area contributed by atoms with Crippen molar-refractivity contribution in [3.63, 3.8) is 0 Å². The molecule has 0 saturated carbocycles. The van der Waals surface area contributed by atoms with E-state index < -0.39 is 11.2 Å². The average Bonchev–Trinajstić information content (AvgIpc) is 2.93. The second-order valence-electron chi connectivity index (χ2n) is 4.59. The second-order valence-corrected chi connectivity index (χ2v) is 8.37. The molecule has 116 valence electrons. The van der Waals surface area contributed by atoms with Crippen LogP contribution in [0, 0.1) is 0 Å². The number of methoxy groups -OCH3 is 1. The molecule has 1 amide bonds. The van der Waals surface area contributed by atoms with Gasteiger partial charge >= 0.3 is 0 Å². The lowest BCUT2D eigenvalue weighted by Crippen LogP contribution is -2.39. The summed E-state index contributed by atoms with van der Waals surface area (Å²) in [6.45, 7) is 0.748. The summed E-state index contributed by atoms with van der Waals surface area (Å²) < 4.78 is 16.6. The Morgan fingerprint density at radius 2 is 2.33 bits per heavy atom. The van der Waals surface area contributed by atoms with Crippen molar-refractivity contribution in [1.29, 1.82) is 0 Å². The minimum Gasteiger partial charge on any atom is -0.616 e. The first kappa shape index (κ1) is 16.9. The summed E-state index contributed by atoms with van der Waals surface area (Å²) in [6, 6.07) is 7.89. The molecule has 21 heavy (non-hydrogen) atoms. The van der Waals surface area contributed by atoms with Gasteiger partial charge in [-0.1, -0.05) is 12.1 Å². The minimum absolute atomic E-state index is 0.00791.